The Labute approximate surface area is 122 Å². The van der Waals surface area contributed by atoms with Crippen molar-refractivity contribution < 1.29 is 0 Å². The Morgan fingerprint density at radius 3 is 2.70 bits per heavy atom. The molecule has 1 aromatic heterocycles. The molecule has 0 bridgehead atoms. The molecule has 2 N–H and O–H groups in total. The van der Waals surface area contributed by atoms with Gasteiger partial charge in [0, 0.05) is 31.7 Å². The number of hydrogen-bond donors (Lipinski definition) is 1. The number of likely N-dealkylation sites (N-methyl/N-ethyl adjacent to an activating group) is 1. The van der Waals surface area contributed by atoms with E-state index < -0.39 is 0 Å². The molecule has 0 radical (unpaired) electrons. The summed E-state index contributed by atoms with van der Waals surface area (Å²) in [7, 11) is 4.28. The first-order chi connectivity index (χ1) is 9.58. The number of aryl methyl sites for hydroxylation is 2. The molecule has 0 aliphatic carbocycles. The van der Waals surface area contributed by atoms with Gasteiger partial charge in [0.15, 0.2) is 0 Å². The summed E-state index contributed by atoms with van der Waals surface area (Å²) in [6.45, 7) is 8.48. The predicted molar refractivity (Wildman–Crippen MR) is 84.2 cm³/mol. The van der Waals surface area contributed by atoms with Crippen molar-refractivity contribution >= 4 is 5.82 Å². The molecular weight excluding hydrogens is 250 g/mol. The number of nitrogens with zero attached hydrogens (tertiary/aromatic N) is 4. The summed E-state index contributed by atoms with van der Waals surface area (Å²) in [4.78, 5) is 5.01. The average Bonchev–Trinajstić information content (AvgIpc) is 2.59. The Balaban J connectivity index is 2.37. The third-order valence-corrected chi connectivity index (χ3v) is 4.35. The van der Waals surface area contributed by atoms with E-state index in [0.29, 0.717) is 12.6 Å². The van der Waals surface area contributed by atoms with Crippen molar-refractivity contribution in [3.05, 3.63) is 11.3 Å². The molecule has 0 aromatic carbocycles. The van der Waals surface area contributed by atoms with Gasteiger partial charge in [-0.15, -0.1) is 0 Å². The van der Waals surface area contributed by atoms with E-state index in [1.807, 2.05) is 4.68 Å². The van der Waals surface area contributed by atoms with Crippen LogP contribution >= 0.6 is 0 Å². The molecule has 20 heavy (non-hydrogen) atoms. The normalized spacial score (nSPS) is 21.2. The number of rotatable bonds is 4. The van der Waals surface area contributed by atoms with E-state index in [0.717, 1.165) is 31.6 Å². The lowest BCUT2D eigenvalue weighted by Crippen LogP contribution is -2.41. The van der Waals surface area contributed by atoms with E-state index in [1.165, 1.54) is 24.3 Å². The Morgan fingerprint density at radius 1 is 1.30 bits per heavy atom. The van der Waals surface area contributed by atoms with Crippen molar-refractivity contribution in [1.82, 2.24) is 14.7 Å². The van der Waals surface area contributed by atoms with Crippen LogP contribution in [0, 0.1) is 6.92 Å². The van der Waals surface area contributed by atoms with Crippen molar-refractivity contribution in [2.75, 3.05) is 38.1 Å². The lowest BCUT2D eigenvalue weighted by Gasteiger charge is -2.33. The summed E-state index contributed by atoms with van der Waals surface area (Å²) >= 11 is 0. The summed E-state index contributed by atoms with van der Waals surface area (Å²) < 4.78 is 2.05. The zero-order chi connectivity index (χ0) is 14.7. The zero-order valence-corrected chi connectivity index (χ0v) is 13.4. The highest BCUT2D eigenvalue weighted by molar-refractivity contribution is 5.51. The minimum Gasteiger partial charge on any atom is -0.352 e. The lowest BCUT2D eigenvalue weighted by molar-refractivity contribution is 0.327. The number of anilines is 1. The minimum absolute atomic E-state index is 0.564. The van der Waals surface area contributed by atoms with Crippen LogP contribution in [0.2, 0.25) is 0 Å². The van der Waals surface area contributed by atoms with E-state index in [4.69, 9.17) is 5.73 Å². The molecule has 1 aromatic rings. The maximum absolute atomic E-state index is 5.79. The molecule has 1 aliphatic rings. The van der Waals surface area contributed by atoms with Crippen molar-refractivity contribution in [1.29, 1.82) is 0 Å². The van der Waals surface area contributed by atoms with Gasteiger partial charge in [-0.05, 0) is 46.3 Å². The fourth-order valence-electron chi connectivity index (χ4n) is 3.36. The van der Waals surface area contributed by atoms with Crippen LogP contribution in [-0.4, -0.2) is 53.9 Å². The van der Waals surface area contributed by atoms with Gasteiger partial charge < -0.3 is 15.5 Å². The maximum Gasteiger partial charge on any atom is 0.130 e. The molecule has 1 atom stereocenters. The second-order valence-corrected chi connectivity index (χ2v) is 5.92. The molecule has 5 nitrogen and oxygen atoms in total. The second kappa shape index (κ2) is 6.59. The molecule has 0 spiro atoms. The van der Waals surface area contributed by atoms with E-state index in [9.17, 15) is 0 Å². The fraction of sp³-hybridized carbons (Fsp3) is 0.800. The summed E-state index contributed by atoms with van der Waals surface area (Å²) in [6.07, 6.45) is 3.29. The first-order valence-electron chi connectivity index (χ1n) is 7.76. The monoisotopic (exact) mass is 279 g/mol. The lowest BCUT2D eigenvalue weighted by atomic mass is 10.1. The van der Waals surface area contributed by atoms with E-state index >= 15 is 0 Å². The molecule has 2 rings (SSSR count). The van der Waals surface area contributed by atoms with Crippen LogP contribution in [0.25, 0.3) is 0 Å². The summed E-state index contributed by atoms with van der Waals surface area (Å²) in [5.74, 6) is 1.29. The Morgan fingerprint density at radius 2 is 2.05 bits per heavy atom. The van der Waals surface area contributed by atoms with Gasteiger partial charge in [-0.2, -0.15) is 5.10 Å². The van der Waals surface area contributed by atoms with Gasteiger partial charge in [0.2, 0.25) is 0 Å². The topological polar surface area (TPSA) is 50.3 Å². The van der Waals surface area contributed by atoms with E-state index in [1.54, 1.807) is 0 Å². The smallest absolute Gasteiger partial charge is 0.130 e. The standard InChI is InChI=1S/C15H29N5/c1-5-13-11-18(3)9-6-10-20(13)15-14(7-8-16)12(2)17-19(15)4/h13H,5-11,16H2,1-4H3. The van der Waals surface area contributed by atoms with Crippen LogP contribution < -0.4 is 10.6 Å². The highest BCUT2D eigenvalue weighted by Crippen LogP contribution is 2.28. The minimum atomic E-state index is 0.564. The van der Waals surface area contributed by atoms with Crippen molar-refractivity contribution in [3.8, 4) is 0 Å². The fourth-order valence-corrected chi connectivity index (χ4v) is 3.36. The van der Waals surface area contributed by atoms with Crippen molar-refractivity contribution in [2.24, 2.45) is 12.8 Å². The van der Waals surface area contributed by atoms with Gasteiger partial charge in [-0.25, -0.2) is 0 Å². The molecule has 5 heteroatoms. The first-order valence-corrected chi connectivity index (χ1v) is 7.76. The predicted octanol–water partition coefficient (Wildman–Crippen LogP) is 1.15. The van der Waals surface area contributed by atoms with Crippen LogP contribution in [-0.2, 0) is 13.5 Å². The molecule has 1 aliphatic heterocycles. The van der Waals surface area contributed by atoms with Crippen LogP contribution in [0.5, 0.6) is 0 Å². The van der Waals surface area contributed by atoms with Gasteiger partial charge in [-0.1, -0.05) is 6.92 Å². The molecular formula is C15H29N5. The van der Waals surface area contributed by atoms with Gasteiger partial charge >= 0.3 is 0 Å². The molecule has 2 heterocycles. The molecule has 1 unspecified atom stereocenters. The molecule has 0 saturated carbocycles. The van der Waals surface area contributed by atoms with E-state index in [2.05, 4.69) is 42.8 Å². The molecule has 114 valence electrons. The Kier molecular flexibility index (Phi) is 5.05. The number of nitrogens with two attached hydrogens (primary N) is 1. The SMILES string of the molecule is CCC1CN(C)CCCN1c1c(CCN)c(C)nn1C. The van der Waals surface area contributed by atoms with Crippen molar-refractivity contribution in [2.45, 2.75) is 39.2 Å². The van der Waals surface area contributed by atoms with Crippen LogP contribution in [0.1, 0.15) is 31.0 Å². The quantitative estimate of drug-likeness (QED) is 0.898. The Bertz CT molecular complexity index is 440. The van der Waals surface area contributed by atoms with Crippen LogP contribution in [0.4, 0.5) is 5.82 Å². The molecule has 0 amide bonds. The number of hydrogen-bond acceptors (Lipinski definition) is 4. The summed E-state index contributed by atoms with van der Waals surface area (Å²) in [5.41, 5.74) is 8.25. The van der Waals surface area contributed by atoms with Gasteiger partial charge in [0.1, 0.15) is 5.82 Å². The molecule has 1 fully saturated rings. The van der Waals surface area contributed by atoms with Crippen LogP contribution in [0.3, 0.4) is 0 Å². The Hall–Kier alpha value is -1.07. The zero-order valence-electron chi connectivity index (χ0n) is 13.4. The van der Waals surface area contributed by atoms with Gasteiger partial charge in [0.05, 0.1) is 5.69 Å². The third-order valence-electron chi connectivity index (χ3n) is 4.35. The largest absolute Gasteiger partial charge is 0.352 e. The summed E-state index contributed by atoms with van der Waals surface area (Å²) in [5, 5.41) is 4.63. The maximum atomic E-state index is 5.79. The molecule has 1 saturated heterocycles. The van der Waals surface area contributed by atoms with Crippen LogP contribution in [0.15, 0.2) is 0 Å². The van der Waals surface area contributed by atoms with Crippen molar-refractivity contribution in [3.63, 3.8) is 0 Å². The van der Waals surface area contributed by atoms with Gasteiger partial charge in [0.25, 0.3) is 0 Å². The van der Waals surface area contributed by atoms with E-state index in [-0.39, 0.29) is 0 Å². The average molecular weight is 279 g/mol. The second-order valence-electron chi connectivity index (χ2n) is 5.92. The number of aromatic nitrogens is 2. The third kappa shape index (κ3) is 2.99. The summed E-state index contributed by atoms with van der Waals surface area (Å²) in [6, 6.07) is 0.564. The first kappa shape index (κ1) is 15.3. The highest BCUT2D eigenvalue weighted by Gasteiger charge is 2.27. The highest BCUT2D eigenvalue weighted by atomic mass is 15.4. The van der Waals surface area contributed by atoms with Gasteiger partial charge in [-0.3, -0.25) is 4.68 Å².